The molecule has 0 aliphatic carbocycles. The van der Waals surface area contributed by atoms with Gasteiger partial charge >= 0.3 is 6.09 Å². The van der Waals surface area contributed by atoms with Crippen LogP contribution in [-0.4, -0.2) is 78.0 Å². The number of nitrogens with zero attached hydrogens (tertiary/aromatic N) is 2. The topological polar surface area (TPSA) is 65.0 Å². The Bertz CT molecular complexity index is 418. The van der Waals surface area contributed by atoms with E-state index >= 15 is 0 Å². The van der Waals surface area contributed by atoms with Gasteiger partial charge in [-0.05, 0) is 45.4 Å². The Hall–Kier alpha value is -0.850. The van der Waals surface area contributed by atoms with E-state index in [-0.39, 0.29) is 18.2 Å². The van der Waals surface area contributed by atoms with Crippen molar-refractivity contribution in [3.63, 3.8) is 0 Å². The minimum absolute atomic E-state index is 0.161. The summed E-state index contributed by atoms with van der Waals surface area (Å²) >= 11 is 0. The molecular weight excluding hydrogens is 318 g/mol. The quantitative estimate of drug-likeness (QED) is 0.807. The predicted octanol–water partition coefficient (Wildman–Crippen LogP) is 1.92. The predicted molar refractivity (Wildman–Crippen MR) is 99.6 cm³/mol. The number of aliphatic hydroxyl groups excluding tert-OH is 1. The number of likely N-dealkylation sites (tertiary alicyclic amines) is 2. The highest BCUT2D eigenvalue weighted by Gasteiger charge is 2.30. The monoisotopic (exact) mass is 355 g/mol. The lowest BCUT2D eigenvalue weighted by Gasteiger charge is -2.40. The molecule has 146 valence electrons. The Morgan fingerprint density at radius 1 is 1.08 bits per heavy atom. The molecule has 25 heavy (non-hydrogen) atoms. The van der Waals surface area contributed by atoms with Gasteiger partial charge in [0.2, 0.25) is 0 Å². The average Bonchev–Trinajstić information content (AvgIpc) is 2.50. The third-order valence-electron chi connectivity index (χ3n) is 5.30. The van der Waals surface area contributed by atoms with E-state index in [1.165, 1.54) is 0 Å². The van der Waals surface area contributed by atoms with Gasteiger partial charge in [0.05, 0.1) is 6.10 Å². The standard InChI is InChI=1S/C19H37N3O3/c1-14-12-22(13-15(2)17(14)23)11-10-21-8-6-16(7-9-21)20-18(24)25-19(3,4)5/h14-17,23H,6-13H2,1-5H3,(H,20,24)/t14-,15+,17+. The van der Waals surface area contributed by atoms with Crippen LogP contribution in [0.15, 0.2) is 0 Å². The van der Waals surface area contributed by atoms with Crippen LogP contribution in [0.3, 0.4) is 0 Å². The fraction of sp³-hybridized carbons (Fsp3) is 0.947. The van der Waals surface area contributed by atoms with E-state index < -0.39 is 5.60 Å². The fourth-order valence-corrected chi connectivity index (χ4v) is 3.91. The van der Waals surface area contributed by atoms with Gasteiger partial charge in [0.25, 0.3) is 0 Å². The van der Waals surface area contributed by atoms with E-state index in [4.69, 9.17) is 4.74 Å². The summed E-state index contributed by atoms with van der Waals surface area (Å²) in [6, 6.07) is 0.219. The first-order chi connectivity index (χ1) is 11.6. The summed E-state index contributed by atoms with van der Waals surface area (Å²) in [5, 5.41) is 13.1. The van der Waals surface area contributed by atoms with Crippen LogP contribution in [0, 0.1) is 11.8 Å². The molecule has 0 unspecified atom stereocenters. The molecule has 2 saturated heterocycles. The van der Waals surface area contributed by atoms with Gasteiger partial charge in [0.15, 0.2) is 0 Å². The highest BCUT2D eigenvalue weighted by Crippen LogP contribution is 2.22. The molecule has 2 aliphatic heterocycles. The molecule has 0 saturated carbocycles. The average molecular weight is 356 g/mol. The van der Waals surface area contributed by atoms with E-state index in [9.17, 15) is 9.90 Å². The first kappa shape index (κ1) is 20.5. The molecule has 0 aromatic heterocycles. The van der Waals surface area contributed by atoms with Crippen LogP contribution in [0.4, 0.5) is 4.79 Å². The molecule has 0 radical (unpaired) electrons. The number of aliphatic hydroxyl groups is 1. The second-order valence-electron chi connectivity index (χ2n) is 8.97. The number of hydrogen-bond acceptors (Lipinski definition) is 5. The van der Waals surface area contributed by atoms with Crippen molar-refractivity contribution in [3.8, 4) is 0 Å². The van der Waals surface area contributed by atoms with Crippen LogP contribution in [0.5, 0.6) is 0 Å². The number of rotatable bonds is 4. The maximum Gasteiger partial charge on any atom is 0.407 e. The van der Waals surface area contributed by atoms with E-state index in [2.05, 4.69) is 29.0 Å². The molecule has 0 bridgehead atoms. The smallest absolute Gasteiger partial charge is 0.407 e. The van der Waals surface area contributed by atoms with Crippen molar-refractivity contribution in [2.24, 2.45) is 11.8 Å². The molecular formula is C19H37N3O3. The van der Waals surface area contributed by atoms with Crippen LogP contribution >= 0.6 is 0 Å². The van der Waals surface area contributed by atoms with Crippen molar-refractivity contribution >= 4 is 6.09 Å². The van der Waals surface area contributed by atoms with Gasteiger partial charge in [0, 0.05) is 45.3 Å². The van der Waals surface area contributed by atoms with E-state index in [0.29, 0.717) is 11.8 Å². The van der Waals surface area contributed by atoms with Gasteiger partial charge in [-0.1, -0.05) is 13.8 Å². The Morgan fingerprint density at radius 3 is 2.12 bits per heavy atom. The lowest BCUT2D eigenvalue weighted by molar-refractivity contribution is -0.0110. The van der Waals surface area contributed by atoms with E-state index in [1.54, 1.807) is 0 Å². The number of alkyl carbamates (subject to hydrolysis) is 1. The van der Waals surface area contributed by atoms with E-state index in [0.717, 1.165) is 52.1 Å². The van der Waals surface area contributed by atoms with Crippen molar-refractivity contribution in [1.82, 2.24) is 15.1 Å². The zero-order chi connectivity index (χ0) is 18.6. The van der Waals surface area contributed by atoms with Crippen LogP contribution < -0.4 is 5.32 Å². The van der Waals surface area contributed by atoms with Crippen molar-refractivity contribution in [2.45, 2.75) is 65.2 Å². The van der Waals surface area contributed by atoms with Gasteiger partial charge in [-0.25, -0.2) is 4.79 Å². The number of piperidine rings is 2. The molecule has 6 heteroatoms. The van der Waals surface area contributed by atoms with Gasteiger partial charge in [0.1, 0.15) is 5.60 Å². The Kier molecular flexibility index (Phi) is 7.11. The second kappa shape index (κ2) is 8.69. The summed E-state index contributed by atoms with van der Waals surface area (Å²) in [6.45, 7) is 16.1. The van der Waals surface area contributed by atoms with Crippen LogP contribution in [0.2, 0.25) is 0 Å². The number of carbonyl (C=O) groups is 1. The van der Waals surface area contributed by atoms with Gasteiger partial charge in [-0.2, -0.15) is 0 Å². The number of nitrogens with one attached hydrogen (secondary N) is 1. The minimum Gasteiger partial charge on any atom is -0.444 e. The normalized spacial score (nSPS) is 30.2. The fourth-order valence-electron chi connectivity index (χ4n) is 3.91. The van der Waals surface area contributed by atoms with Gasteiger partial charge < -0.3 is 25.0 Å². The SMILES string of the molecule is C[C@@H]1CN(CCN2CCC(NC(=O)OC(C)(C)C)CC2)C[C@H](C)[C@H]1O. The Morgan fingerprint density at radius 2 is 1.60 bits per heavy atom. The van der Waals surface area contributed by atoms with Crippen molar-refractivity contribution in [2.75, 3.05) is 39.3 Å². The molecule has 2 rings (SSSR count). The summed E-state index contributed by atoms with van der Waals surface area (Å²) in [5.74, 6) is 0.708. The Labute approximate surface area is 152 Å². The van der Waals surface area contributed by atoms with Gasteiger partial charge in [-0.15, -0.1) is 0 Å². The van der Waals surface area contributed by atoms with Crippen LogP contribution in [0.25, 0.3) is 0 Å². The molecule has 0 aromatic rings. The summed E-state index contributed by atoms with van der Waals surface area (Å²) in [7, 11) is 0. The summed E-state index contributed by atoms with van der Waals surface area (Å²) < 4.78 is 5.33. The van der Waals surface area contributed by atoms with Gasteiger partial charge in [-0.3, -0.25) is 0 Å². The third-order valence-corrected chi connectivity index (χ3v) is 5.30. The second-order valence-corrected chi connectivity index (χ2v) is 8.97. The van der Waals surface area contributed by atoms with E-state index in [1.807, 2.05) is 20.8 Å². The first-order valence-electron chi connectivity index (χ1n) is 9.76. The highest BCUT2D eigenvalue weighted by molar-refractivity contribution is 5.68. The maximum atomic E-state index is 11.9. The molecule has 1 amide bonds. The molecule has 3 atom stereocenters. The molecule has 0 aromatic carbocycles. The third kappa shape index (κ3) is 6.76. The first-order valence-corrected chi connectivity index (χ1v) is 9.76. The number of carbonyl (C=O) groups excluding carboxylic acids is 1. The van der Waals surface area contributed by atoms with Crippen molar-refractivity contribution in [1.29, 1.82) is 0 Å². The lowest BCUT2D eigenvalue weighted by Crippen LogP contribution is -2.51. The highest BCUT2D eigenvalue weighted by atomic mass is 16.6. The maximum absolute atomic E-state index is 11.9. The largest absolute Gasteiger partial charge is 0.444 e. The summed E-state index contributed by atoms with van der Waals surface area (Å²) in [5.41, 5.74) is -0.443. The molecule has 2 heterocycles. The minimum atomic E-state index is -0.443. The lowest BCUT2D eigenvalue weighted by atomic mass is 9.88. The molecule has 2 N–H and O–H groups in total. The zero-order valence-corrected chi connectivity index (χ0v) is 16.6. The van der Waals surface area contributed by atoms with Crippen LogP contribution in [-0.2, 0) is 4.74 Å². The summed E-state index contributed by atoms with van der Waals surface area (Å²) in [4.78, 5) is 16.8. The number of hydrogen-bond donors (Lipinski definition) is 2. The molecule has 6 nitrogen and oxygen atoms in total. The molecule has 2 aliphatic rings. The van der Waals surface area contributed by atoms with Crippen molar-refractivity contribution < 1.29 is 14.6 Å². The van der Waals surface area contributed by atoms with Crippen LogP contribution in [0.1, 0.15) is 47.5 Å². The Balaban J connectivity index is 1.65. The van der Waals surface area contributed by atoms with Crippen molar-refractivity contribution in [3.05, 3.63) is 0 Å². The summed E-state index contributed by atoms with van der Waals surface area (Å²) in [6.07, 6.45) is 1.49. The zero-order valence-electron chi connectivity index (χ0n) is 16.6. The number of amides is 1. The molecule has 2 fully saturated rings. The number of ether oxygens (including phenoxy) is 1. The molecule has 0 spiro atoms.